The summed E-state index contributed by atoms with van der Waals surface area (Å²) in [7, 11) is 1.38. The Morgan fingerprint density at radius 1 is 1.12 bits per heavy atom. The Bertz CT molecular complexity index is 937. The molecule has 2 N–H and O–H groups in total. The van der Waals surface area contributed by atoms with Gasteiger partial charge in [0.2, 0.25) is 0 Å². The number of nitrogens with zero attached hydrogens (tertiary/aromatic N) is 1. The highest BCUT2D eigenvalue weighted by Crippen LogP contribution is 2.28. The normalized spacial score (nSPS) is 16.0. The second-order valence-electron chi connectivity index (χ2n) is 5.37. The predicted octanol–water partition coefficient (Wildman–Crippen LogP) is 2.72. The van der Waals surface area contributed by atoms with Crippen LogP contribution in [0.5, 0.6) is 11.5 Å². The molecular weight excluding hydrogens is 360 g/mol. The Morgan fingerprint density at radius 3 is 2.46 bits per heavy atom. The fourth-order valence-electron chi connectivity index (χ4n) is 2.43. The van der Waals surface area contributed by atoms with Gasteiger partial charge in [-0.1, -0.05) is 17.7 Å². The Balaban J connectivity index is 2.01. The molecule has 2 aromatic carbocycles. The van der Waals surface area contributed by atoms with Gasteiger partial charge in [0.05, 0.1) is 12.8 Å². The molecule has 0 atom stereocenters. The first-order valence-corrected chi connectivity index (χ1v) is 7.82. The molecule has 1 saturated heterocycles. The average Bonchev–Trinajstić information content (AvgIpc) is 2.61. The van der Waals surface area contributed by atoms with E-state index in [0.29, 0.717) is 10.6 Å². The minimum Gasteiger partial charge on any atom is -0.504 e. The number of benzene rings is 2. The smallest absolute Gasteiger partial charge is 0.335 e. The van der Waals surface area contributed by atoms with Crippen molar-refractivity contribution in [3.05, 3.63) is 58.6 Å². The molecule has 8 heteroatoms. The molecule has 1 fully saturated rings. The van der Waals surface area contributed by atoms with Crippen LogP contribution in [-0.4, -0.2) is 30.1 Å². The number of methoxy groups -OCH3 is 1. The van der Waals surface area contributed by atoms with Gasteiger partial charge in [-0.2, -0.15) is 0 Å². The van der Waals surface area contributed by atoms with E-state index in [1.165, 1.54) is 55.7 Å². The standard InChI is InChI=1S/C18H13ClN2O5/c1-26-15-9-10(2-7-14(15)22)8-13-16(23)20-18(25)21(17(13)24)12-5-3-11(19)4-6-12/h2-9,22H,1H3,(H,20,23,25)/b13-8-. The van der Waals surface area contributed by atoms with Gasteiger partial charge < -0.3 is 9.84 Å². The van der Waals surface area contributed by atoms with Crippen molar-refractivity contribution in [3.8, 4) is 11.5 Å². The third-order valence-corrected chi connectivity index (χ3v) is 3.95. The molecular formula is C18H13ClN2O5. The van der Waals surface area contributed by atoms with E-state index in [4.69, 9.17) is 16.3 Å². The fraction of sp³-hybridized carbons (Fsp3) is 0.0556. The molecule has 1 aliphatic heterocycles. The van der Waals surface area contributed by atoms with Crippen molar-refractivity contribution >= 4 is 41.2 Å². The van der Waals surface area contributed by atoms with Crippen molar-refractivity contribution in [1.82, 2.24) is 5.32 Å². The Hall–Kier alpha value is -3.32. The molecule has 26 heavy (non-hydrogen) atoms. The summed E-state index contributed by atoms with van der Waals surface area (Å²) >= 11 is 5.82. The van der Waals surface area contributed by atoms with Gasteiger partial charge in [0, 0.05) is 5.02 Å². The SMILES string of the molecule is COc1cc(/C=C2/C(=O)NC(=O)N(c3ccc(Cl)cc3)C2=O)ccc1O. The van der Waals surface area contributed by atoms with Crippen LogP contribution in [0.3, 0.4) is 0 Å². The van der Waals surface area contributed by atoms with Crippen molar-refractivity contribution < 1.29 is 24.2 Å². The number of carbonyl (C=O) groups is 3. The first-order chi connectivity index (χ1) is 12.4. The molecule has 0 aliphatic carbocycles. The van der Waals surface area contributed by atoms with Crippen molar-refractivity contribution in [2.45, 2.75) is 0 Å². The van der Waals surface area contributed by atoms with Gasteiger partial charge in [0.25, 0.3) is 11.8 Å². The van der Waals surface area contributed by atoms with Crippen LogP contribution in [-0.2, 0) is 9.59 Å². The van der Waals surface area contributed by atoms with E-state index in [1.54, 1.807) is 0 Å². The van der Waals surface area contributed by atoms with E-state index in [0.717, 1.165) is 4.90 Å². The highest BCUT2D eigenvalue weighted by molar-refractivity contribution is 6.39. The van der Waals surface area contributed by atoms with Gasteiger partial charge in [-0.05, 0) is 48.0 Å². The summed E-state index contributed by atoms with van der Waals surface area (Å²) in [4.78, 5) is 37.8. The number of barbiturate groups is 1. The number of anilines is 1. The van der Waals surface area contributed by atoms with E-state index < -0.39 is 17.8 Å². The molecule has 1 heterocycles. The van der Waals surface area contributed by atoms with Gasteiger partial charge >= 0.3 is 6.03 Å². The second-order valence-corrected chi connectivity index (χ2v) is 5.80. The average molecular weight is 373 g/mol. The lowest BCUT2D eigenvalue weighted by Crippen LogP contribution is -2.54. The number of phenolic OH excluding ortho intramolecular Hbond substituents is 1. The zero-order valence-electron chi connectivity index (χ0n) is 13.5. The van der Waals surface area contributed by atoms with Crippen molar-refractivity contribution in [1.29, 1.82) is 0 Å². The second kappa shape index (κ2) is 6.89. The van der Waals surface area contributed by atoms with Crippen LogP contribution < -0.4 is 15.0 Å². The fourth-order valence-corrected chi connectivity index (χ4v) is 2.56. The number of halogens is 1. The lowest BCUT2D eigenvalue weighted by molar-refractivity contribution is -0.122. The van der Waals surface area contributed by atoms with Crippen LogP contribution in [0.25, 0.3) is 6.08 Å². The van der Waals surface area contributed by atoms with Crippen molar-refractivity contribution in [2.24, 2.45) is 0 Å². The number of imide groups is 2. The summed E-state index contributed by atoms with van der Waals surface area (Å²) in [6, 6.07) is 9.55. The van der Waals surface area contributed by atoms with E-state index >= 15 is 0 Å². The molecule has 2 aromatic rings. The number of ether oxygens (including phenoxy) is 1. The molecule has 0 radical (unpaired) electrons. The predicted molar refractivity (Wildman–Crippen MR) is 95.1 cm³/mol. The van der Waals surface area contributed by atoms with Crippen LogP contribution in [0, 0.1) is 0 Å². The minimum absolute atomic E-state index is 0.0768. The van der Waals surface area contributed by atoms with Crippen LogP contribution >= 0.6 is 11.6 Å². The van der Waals surface area contributed by atoms with E-state index in [-0.39, 0.29) is 22.8 Å². The summed E-state index contributed by atoms with van der Waals surface area (Å²) in [5, 5.41) is 12.2. The van der Waals surface area contributed by atoms with Gasteiger partial charge in [-0.25, -0.2) is 9.69 Å². The highest BCUT2D eigenvalue weighted by Gasteiger charge is 2.36. The van der Waals surface area contributed by atoms with E-state index in [9.17, 15) is 19.5 Å². The maximum atomic E-state index is 12.7. The van der Waals surface area contributed by atoms with E-state index in [1.807, 2.05) is 0 Å². The minimum atomic E-state index is -0.845. The Morgan fingerprint density at radius 2 is 1.81 bits per heavy atom. The van der Waals surface area contributed by atoms with E-state index in [2.05, 4.69) is 5.32 Å². The van der Waals surface area contributed by atoms with Gasteiger partial charge in [-0.15, -0.1) is 0 Å². The summed E-state index contributed by atoms with van der Waals surface area (Å²) < 4.78 is 5.01. The third-order valence-electron chi connectivity index (χ3n) is 3.70. The number of amides is 4. The molecule has 0 bridgehead atoms. The summed E-state index contributed by atoms with van der Waals surface area (Å²) in [6.07, 6.45) is 1.31. The summed E-state index contributed by atoms with van der Waals surface area (Å²) in [5.74, 6) is -1.47. The monoisotopic (exact) mass is 372 g/mol. The highest BCUT2D eigenvalue weighted by atomic mass is 35.5. The molecule has 0 spiro atoms. The van der Waals surface area contributed by atoms with Crippen LogP contribution in [0.2, 0.25) is 5.02 Å². The summed E-state index contributed by atoms with van der Waals surface area (Å²) in [5.41, 5.74) is 0.495. The van der Waals surface area contributed by atoms with Gasteiger partial charge in [-0.3, -0.25) is 14.9 Å². The quantitative estimate of drug-likeness (QED) is 0.638. The topological polar surface area (TPSA) is 95.9 Å². The lowest BCUT2D eigenvalue weighted by Gasteiger charge is -2.26. The molecule has 3 rings (SSSR count). The molecule has 4 amide bonds. The first-order valence-electron chi connectivity index (χ1n) is 7.44. The first kappa shape index (κ1) is 17.5. The number of aromatic hydroxyl groups is 1. The number of nitrogens with one attached hydrogen (secondary N) is 1. The van der Waals surface area contributed by atoms with Crippen LogP contribution in [0.1, 0.15) is 5.56 Å². The number of hydrogen-bond donors (Lipinski definition) is 2. The van der Waals surface area contributed by atoms with Crippen LogP contribution in [0.15, 0.2) is 48.0 Å². The number of phenols is 1. The van der Waals surface area contributed by atoms with Gasteiger partial charge in [0.15, 0.2) is 11.5 Å². The molecule has 0 aromatic heterocycles. The largest absolute Gasteiger partial charge is 0.504 e. The number of urea groups is 1. The lowest BCUT2D eigenvalue weighted by atomic mass is 10.1. The molecule has 7 nitrogen and oxygen atoms in total. The molecule has 0 unspecified atom stereocenters. The zero-order chi connectivity index (χ0) is 18.8. The zero-order valence-corrected chi connectivity index (χ0v) is 14.3. The van der Waals surface area contributed by atoms with Crippen molar-refractivity contribution in [2.75, 3.05) is 12.0 Å². The summed E-state index contributed by atoms with van der Waals surface area (Å²) in [6.45, 7) is 0. The third kappa shape index (κ3) is 3.25. The molecule has 132 valence electrons. The molecule has 1 aliphatic rings. The van der Waals surface area contributed by atoms with Crippen LogP contribution in [0.4, 0.5) is 10.5 Å². The van der Waals surface area contributed by atoms with Crippen molar-refractivity contribution in [3.63, 3.8) is 0 Å². The molecule has 0 saturated carbocycles. The maximum Gasteiger partial charge on any atom is 0.335 e. The van der Waals surface area contributed by atoms with Gasteiger partial charge in [0.1, 0.15) is 5.57 Å². The number of rotatable bonds is 3. The number of carbonyl (C=O) groups excluding carboxylic acids is 3. The maximum absolute atomic E-state index is 12.7. The Kier molecular flexibility index (Phi) is 4.64. The number of hydrogen-bond acceptors (Lipinski definition) is 5. The Labute approximate surface area is 153 Å².